The molecule has 5 heteroatoms. The summed E-state index contributed by atoms with van der Waals surface area (Å²) in [5.41, 5.74) is 7.17. The molecule has 2 N–H and O–H groups in total. The number of benzene rings is 1. The number of nitrogens with zero attached hydrogens (tertiary/aromatic N) is 1. The van der Waals surface area contributed by atoms with Crippen LogP contribution in [0.1, 0.15) is 11.1 Å². The fraction of sp³-hybridized carbons (Fsp3) is 0.462. The van der Waals surface area contributed by atoms with Crippen LogP contribution < -0.4 is 5.73 Å². The summed E-state index contributed by atoms with van der Waals surface area (Å²) in [6, 6.07) is 7.43. The molecule has 0 aliphatic carbocycles. The number of aryl methyl sites for hydroxylation is 1. The second kappa shape index (κ2) is 7.06. The van der Waals surface area contributed by atoms with Gasteiger partial charge in [-0.3, -0.25) is 4.79 Å². The van der Waals surface area contributed by atoms with Crippen LogP contribution in [0.4, 0.5) is 8.78 Å². The van der Waals surface area contributed by atoms with Crippen molar-refractivity contribution in [3.8, 4) is 0 Å². The predicted molar refractivity (Wildman–Crippen MR) is 66.5 cm³/mol. The molecule has 0 spiro atoms. The van der Waals surface area contributed by atoms with Gasteiger partial charge in [0, 0.05) is 13.1 Å². The van der Waals surface area contributed by atoms with Crippen molar-refractivity contribution in [3.05, 3.63) is 35.4 Å². The Morgan fingerprint density at radius 1 is 1.39 bits per heavy atom. The first kappa shape index (κ1) is 14.6. The van der Waals surface area contributed by atoms with Gasteiger partial charge in [0.15, 0.2) is 0 Å². The third-order valence-electron chi connectivity index (χ3n) is 2.71. The topological polar surface area (TPSA) is 46.3 Å². The summed E-state index contributed by atoms with van der Waals surface area (Å²) in [6.45, 7) is 1.69. The normalized spacial score (nSPS) is 10.7. The van der Waals surface area contributed by atoms with E-state index in [1.54, 1.807) is 0 Å². The van der Waals surface area contributed by atoms with Crippen molar-refractivity contribution in [1.82, 2.24) is 4.90 Å². The molecule has 1 aromatic rings. The lowest BCUT2D eigenvalue weighted by Crippen LogP contribution is -2.39. The molecular formula is C13H18F2N2O. The standard InChI is InChI=1S/C13H18F2N2O/c1-10-4-2-3-5-11(10)8-13(18)17(7-6-16)9-12(14)15/h2-5,12H,6-9,16H2,1H3. The molecule has 0 atom stereocenters. The van der Waals surface area contributed by atoms with E-state index < -0.39 is 13.0 Å². The Kier molecular flexibility index (Phi) is 5.71. The largest absolute Gasteiger partial charge is 0.335 e. The SMILES string of the molecule is Cc1ccccc1CC(=O)N(CCN)CC(F)F. The average molecular weight is 256 g/mol. The molecule has 18 heavy (non-hydrogen) atoms. The maximum atomic E-state index is 12.4. The zero-order valence-corrected chi connectivity index (χ0v) is 10.4. The van der Waals surface area contributed by atoms with Crippen LogP contribution in [0.25, 0.3) is 0 Å². The highest BCUT2D eigenvalue weighted by molar-refractivity contribution is 5.79. The minimum Gasteiger partial charge on any atom is -0.335 e. The fourth-order valence-electron chi connectivity index (χ4n) is 1.72. The number of amides is 1. The average Bonchev–Trinajstić information content (AvgIpc) is 2.31. The van der Waals surface area contributed by atoms with Crippen LogP contribution in [0.15, 0.2) is 24.3 Å². The van der Waals surface area contributed by atoms with Gasteiger partial charge >= 0.3 is 0 Å². The molecule has 0 saturated carbocycles. The number of nitrogens with two attached hydrogens (primary N) is 1. The number of hydrogen-bond acceptors (Lipinski definition) is 2. The molecule has 0 bridgehead atoms. The quantitative estimate of drug-likeness (QED) is 0.840. The third-order valence-corrected chi connectivity index (χ3v) is 2.71. The van der Waals surface area contributed by atoms with Crippen molar-refractivity contribution in [2.24, 2.45) is 5.73 Å². The van der Waals surface area contributed by atoms with Gasteiger partial charge in [0.25, 0.3) is 6.43 Å². The highest BCUT2D eigenvalue weighted by atomic mass is 19.3. The summed E-state index contributed by atoms with van der Waals surface area (Å²) in [5.74, 6) is -0.310. The van der Waals surface area contributed by atoms with Gasteiger partial charge in [-0.25, -0.2) is 8.78 Å². The summed E-state index contributed by atoms with van der Waals surface area (Å²) in [5, 5.41) is 0. The Balaban J connectivity index is 2.69. The third kappa shape index (κ3) is 4.41. The van der Waals surface area contributed by atoms with E-state index in [2.05, 4.69) is 0 Å². The van der Waals surface area contributed by atoms with Crippen molar-refractivity contribution >= 4 is 5.91 Å². The van der Waals surface area contributed by atoms with Crippen LogP contribution in [-0.4, -0.2) is 36.9 Å². The van der Waals surface area contributed by atoms with E-state index in [1.807, 2.05) is 31.2 Å². The Hall–Kier alpha value is -1.49. The molecule has 0 unspecified atom stereocenters. The molecule has 0 fully saturated rings. The van der Waals surface area contributed by atoms with Gasteiger partial charge in [-0.05, 0) is 18.1 Å². The lowest BCUT2D eigenvalue weighted by Gasteiger charge is -2.22. The van der Waals surface area contributed by atoms with Crippen LogP contribution in [0.5, 0.6) is 0 Å². The molecule has 100 valence electrons. The molecule has 0 aliphatic heterocycles. The minimum absolute atomic E-state index is 0.138. The number of carbonyl (C=O) groups excluding carboxylic acids is 1. The van der Waals surface area contributed by atoms with E-state index in [0.717, 1.165) is 16.0 Å². The fourth-order valence-corrected chi connectivity index (χ4v) is 1.72. The molecule has 0 aliphatic rings. The van der Waals surface area contributed by atoms with Crippen LogP contribution in [-0.2, 0) is 11.2 Å². The monoisotopic (exact) mass is 256 g/mol. The highest BCUT2D eigenvalue weighted by Gasteiger charge is 2.18. The number of rotatable bonds is 6. The Labute approximate surface area is 106 Å². The van der Waals surface area contributed by atoms with Gasteiger partial charge in [0.2, 0.25) is 5.91 Å². The number of carbonyl (C=O) groups is 1. The van der Waals surface area contributed by atoms with Crippen LogP contribution >= 0.6 is 0 Å². The van der Waals surface area contributed by atoms with Gasteiger partial charge in [0.05, 0.1) is 13.0 Å². The molecule has 0 heterocycles. The summed E-state index contributed by atoms with van der Waals surface area (Å²) < 4.78 is 24.7. The van der Waals surface area contributed by atoms with E-state index in [-0.39, 0.29) is 25.4 Å². The lowest BCUT2D eigenvalue weighted by atomic mass is 10.1. The number of alkyl halides is 2. The van der Waals surface area contributed by atoms with Crippen LogP contribution in [0.2, 0.25) is 0 Å². The Morgan fingerprint density at radius 2 is 2.06 bits per heavy atom. The van der Waals surface area contributed by atoms with E-state index in [1.165, 1.54) is 0 Å². The molecule has 1 rings (SSSR count). The Bertz CT molecular complexity index is 396. The van der Waals surface area contributed by atoms with Gasteiger partial charge in [-0.1, -0.05) is 24.3 Å². The molecule has 3 nitrogen and oxygen atoms in total. The van der Waals surface area contributed by atoms with E-state index in [0.29, 0.717) is 0 Å². The zero-order valence-electron chi connectivity index (χ0n) is 10.4. The van der Waals surface area contributed by atoms with Gasteiger partial charge < -0.3 is 10.6 Å². The first-order valence-electron chi connectivity index (χ1n) is 5.85. The molecule has 0 radical (unpaired) electrons. The van der Waals surface area contributed by atoms with Gasteiger partial charge in [-0.2, -0.15) is 0 Å². The van der Waals surface area contributed by atoms with Crippen molar-refractivity contribution in [2.45, 2.75) is 19.8 Å². The van der Waals surface area contributed by atoms with Crippen LogP contribution in [0.3, 0.4) is 0 Å². The molecule has 1 amide bonds. The van der Waals surface area contributed by atoms with Crippen LogP contribution in [0, 0.1) is 6.92 Å². The summed E-state index contributed by atoms with van der Waals surface area (Å²) in [7, 11) is 0. The van der Waals surface area contributed by atoms with Crippen molar-refractivity contribution in [3.63, 3.8) is 0 Å². The Morgan fingerprint density at radius 3 is 2.61 bits per heavy atom. The maximum Gasteiger partial charge on any atom is 0.255 e. The molecule has 1 aromatic carbocycles. The second-order valence-corrected chi connectivity index (χ2v) is 4.12. The summed E-state index contributed by atoms with van der Waals surface area (Å²) in [4.78, 5) is 13.0. The zero-order chi connectivity index (χ0) is 13.5. The van der Waals surface area contributed by atoms with E-state index >= 15 is 0 Å². The summed E-state index contributed by atoms with van der Waals surface area (Å²) >= 11 is 0. The minimum atomic E-state index is -2.53. The van der Waals surface area contributed by atoms with Crippen molar-refractivity contribution in [1.29, 1.82) is 0 Å². The van der Waals surface area contributed by atoms with Crippen molar-refractivity contribution in [2.75, 3.05) is 19.6 Å². The van der Waals surface area contributed by atoms with E-state index in [4.69, 9.17) is 5.73 Å². The first-order valence-corrected chi connectivity index (χ1v) is 5.85. The van der Waals surface area contributed by atoms with Gasteiger partial charge in [0.1, 0.15) is 0 Å². The molecule has 0 saturated heterocycles. The molecule has 0 aromatic heterocycles. The van der Waals surface area contributed by atoms with Crippen molar-refractivity contribution < 1.29 is 13.6 Å². The van der Waals surface area contributed by atoms with E-state index in [9.17, 15) is 13.6 Å². The lowest BCUT2D eigenvalue weighted by molar-refractivity contribution is -0.132. The second-order valence-electron chi connectivity index (χ2n) is 4.12. The number of halogens is 2. The molecular weight excluding hydrogens is 238 g/mol. The smallest absolute Gasteiger partial charge is 0.255 e. The van der Waals surface area contributed by atoms with Gasteiger partial charge in [-0.15, -0.1) is 0 Å². The number of hydrogen-bond donors (Lipinski definition) is 1. The maximum absolute atomic E-state index is 12.4. The highest BCUT2D eigenvalue weighted by Crippen LogP contribution is 2.10. The summed E-state index contributed by atoms with van der Waals surface area (Å²) in [6.07, 6.45) is -2.39. The predicted octanol–water partition coefficient (Wildman–Crippen LogP) is 1.59. The first-order chi connectivity index (χ1) is 8.54.